The average Bonchev–Trinajstić information content (AvgIpc) is 3.41. The lowest BCUT2D eigenvalue weighted by Gasteiger charge is -2.10. The van der Waals surface area contributed by atoms with Crippen molar-refractivity contribution in [2.75, 3.05) is 7.11 Å². The van der Waals surface area contributed by atoms with Crippen molar-refractivity contribution in [2.45, 2.75) is 17.5 Å². The molecule has 0 aliphatic rings. The maximum atomic E-state index is 13.3. The third kappa shape index (κ3) is 3.71. The maximum Gasteiger partial charge on any atom is 0.341 e. The van der Waals surface area contributed by atoms with Crippen LogP contribution in [0.3, 0.4) is 0 Å². The van der Waals surface area contributed by atoms with E-state index in [1.807, 2.05) is 35.7 Å². The molecular weight excluding hydrogens is 420 g/mol. The third-order valence-corrected chi connectivity index (χ3v) is 6.39. The van der Waals surface area contributed by atoms with Crippen LogP contribution in [0.4, 0.5) is 0 Å². The van der Waals surface area contributed by atoms with Gasteiger partial charge in [0.2, 0.25) is 0 Å². The highest BCUT2D eigenvalue weighted by atomic mass is 32.2. The zero-order valence-corrected chi connectivity index (χ0v) is 17.8. The molecule has 30 heavy (non-hydrogen) atoms. The Kier molecular flexibility index (Phi) is 5.87. The van der Waals surface area contributed by atoms with Gasteiger partial charge in [0.15, 0.2) is 5.16 Å². The molecule has 0 saturated heterocycles. The number of allylic oxidation sites excluding steroid dienone is 1. The van der Waals surface area contributed by atoms with Crippen molar-refractivity contribution in [3.63, 3.8) is 0 Å². The minimum atomic E-state index is -0.461. The number of carbonyl (C=O) groups is 1. The number of ether oxygens (including phenoxy) is 1. The maximum absolute atomic E-state index is 13.3. The van der Waals surface area contributed by atoms with Gasteiger partial charge in [0, 0.05) is 17.5 Å². The Morgan fingerprint density at radius 3 is 2.87 bits per heavy atom. The molecule has 0 radical (unpaired) electrons. The molecule has 3 heterocycles. The third-order valence-electron chi connectivity index (χ3n) is 4.54. The summed E-state index contributed by atoms with van der Waals surface area (Å²) in [7, 11) is 1.32. The van der Waals surface area contributed by atoms with Crippen LogP contribution in [0.25, 0.3) is 21.3 Å². The Bertz CT molecular complexity index is 1270. The summed E-state index contributed by atoms with van der Waals surface area (Å²) < 4.78 is 11.8. The van der Waals surface area contributed by atoms with E-state index >= 15 is 0 Å². The highest BCUT2D eigenvalue weighted by Crippen LogP contribution is 2.33. The Hall–Kier alpha value is -3.10. The number of hydrogen-bond donors (Lipinski definition) is 0. The minimum Gasteiger partial charge on any atom is -0.468 e. The van der Waals surface area contributed by atoms with E-state index in [1.54, 1.807) is 16.7 Å². The summed E-state index contributed by atoms with van der Waals surface area (Å²) in [6, 6.07) is 11.4. The molecule has 152 valence electrons. The zero-order chi connectivity index (χ0) is 21.1. The lowest BCUT2D eigenvalue weighted by atomic mass is 10.1. The van der Waals surface area contributed by atoms with E-state index in [0.29, 0.717) is 39.0 Å². The quantitative estimate of drug-likeness (QED) is 0.175. The van der Waals surface area contributed by atoms with E-state index in [-0.39, 0.29) is 5.56 Å². The molecule has 4 rings (SSSR count). The molecule has 0 bridgehead atoms. The highest BCUT2D eigenvalue weighted by Gasteiger charge is 2.19. The number of esters is 1. The van der Waals surface area contributed by atoms with Gasteiger partial charge in [0.25, 0.3) is 5.56 Å². The Balaban J connectivity index is 1.75. The molecule has 0 aliphatic heterocycles. The first-order valence-electron chi connectivity index (χ1n) is 9.10. The van der Waals surface area contributed by atoms with Gasteiger partial charge in [0.1, 0.15) is 16.2 Å². The SMILES string of the molecule is C=CCn1c(SCc2occc2C(=O)OC)nc2scc(-c3ccccc3)c2c1=O. The molecule has 3 aromatic heterocycles. The fourth-order valence-corrected chi connectivity index (χ4v) is 5.06. The number of aromatic nitrogens is 2. The van der Waals surface area contributed by atoms with Crippen LogP contribution in [0, 0.1) is 0 Å². The van der Waals surface area contributed by atoms with Gasteiger partial charge in [-0.15, -0.1) is 17.9 Å². The predicted molar refractivity (Wildman–Crippen MR) is 119 cm³/mol. The Labute approximate surface area is 180 Å². The van der Waals surface area contributed by atoms with Crippen LogP contribution in [0.2, 0.25) is 0 Å². The van der Waals surface area contributed by atoms with Crippen LogP contribution in [0.15, 0.2) is 75.1 Å². The topological polar surface area (TPSA) is 74.3 Å². The number of methoxy groups -OCH3 is 1. The van der Waals surface area contributed by atoms with E-state index in [1.165, 1.54) is 36.5 Å². The molecule has 0 atom stereocenters. The van der Waals surface area contributed by atoms with Crippen LogP contribution < -0.4 is 5.56 Å². The number of thioether (sulfide) groups is 1. The average molecular weight is 439 g/mol. The van der Waals surface area contributed by atoms with Gasteiger partial charge in [-0.05, 0) is 11.6 Å². The second-order valence-corrected chi connectivity index (χ2v) is 8.13. The van der Waals surface area contributed by atoms with Crippen molar-refractivity contribution in [2.24, 2.45) is 0 Å². The lowest BCUT2D eigenvalue weighted by Crippen LogP contribution is -2.22. The van der Waals surface area contributed by atoms with Gasteiger partial charge in [-0.2, -0.15) is 0 Å². The van der Waals surface area contributed by atoms with E-state index in [4.69, 9.17) is 14.1 Å². The second kappa shape index (κ2) is 8.73. The van der Waals surface area contributed by atoms with Gasteiger partial charge in [-0.1, -0.05) is 48.2 Å². The normalized spacial score (nSPS) is 11.0. The molecule has 6 nitrogen and oxygen atoms in total. The number of carbonyl (C=O) groups excluding carboxylic acids is 1. The molecule has 1 aromatic carbocycles. The molecule has 0 aliphatic carbocycles. The summed E-state index contributed by atoms with van der Waals surface area (Å²) in [6.07, 6.45) is 3.11. The van der Waals surface area contributed by atoms with Crippen LogP contribution in [-0.2, 0) is 17.0 Å². The van der Waals surface area contributed by atoms with Gasteiger partial charge < -0.3 is 9.15 Å². The summed E-state index contributed by atoms with van der Waals surface area (Å²) in [5, 5.41) is 3.11. The zero-order valence-electron chi connectivity index (χ0n) is 16.2. The fourth-order valence-electron chi connectivity index (χ4n) is 3.11. The van der Waals surface area contributed by atoms with Crippen molar-refractivity contribution in [3.8, 4) is 11.1 Å². The van der Waals surface area contributed by atoms with Crippen LogP contribution in [0.5, 0.6) is 0 Å². The molecule has 0 unspecified atom stereocenters. The summed E-state index contributed by atoms with van der Waals surface area (Å²) in [4.78, 5) is 30.6. The number of benzene rings is 1. The smallest absolute Gasteiger partial charge is 0.341 e. The van der Waals surface area contributed by atoms with Crippen molar-refractivity contribution in [3.05, 3.63) is 82.4 Å². The summed E-state index contributed by atoms with van der Waals surface area (Å²) in [5.74, 6) is 0.350. The number of furan rings is 1. The molecule has 8 heteroatoms. The molecule has 0 spiro atoms. The minimum absolute atomic E-state index is 0.116. The van der Waals surface area contributed by atoms with E-state index in [0.717, 1.165) is 11.1 Å². The number of hydrogen-bond acceptors (Lipinski definition) is 7. The molecule has 4 aromatic rings. The van der Waals surface area contributed by atoms with Crippen molar-refractivity contribution in [1.29, 1.82) is 0 Å². The molecule has 0 N–H and O–H groups in total. The Morgan fingerprint density at radius 2 is 2.13 bits per heavy atom. The largest absolute Gasteiger partial charge is 0.468 e. The lowest BCUT2D eigenvalue weighted by molar-refractivity contribution is 0.0598. The van der Waals surface area contributed by atoms with Crippen molar-refractivity contribution < 1.29 is 13.9 Å². The fraction of sp³-hybridized carbons (Fsp3) is 0.136. The molecule has 0 fully saturated rings. The molecule has 0 amide bonds. The molecular formula is C22H18N2O4S2. The first kappa shape index (κ1) is 20.2. The summed E-state index contributed by atoms with van der Waals surface area (Å²) in [5.41, 5.74) is 2.11. The standard InChI is InChI=1S/C22H18N2O4S2/c1-3-10-24-20(25)18-16(14-7-5-4-6-8-14)12-29-19(18)23-22(24)30-13-17-15(9-11-28-17)21(26)27-2/h3-9,11-12H,1,10,13H2,2H3. The second-order valence-electron chi connectivity index (χ2n) is 6.33. The van der Waals surface area contributed by atoms with Gasteiger partial charge in [0.05, 0.1) is 24.5 Å². The van der Waals surface area contributed by atoms with E-state index < -0.39 is 5.97 Å². The van der Waals surface area contributed by atoms with Gasteiger partial charge in [-0.25, -0.2) is 9.78 Å². The van der Waals surface area contributed by atoms with Crippen LogP contribution in [-0.4, -0.2) is 22.6 Å². The summed E-state index contributed by atoms with van der Waals surface area (Å²) >= 11 is 2.77. The van der Waals surface area contributed by atoms with E-state index in [9.17, 15) is 9.59 Å². The first-order chi connectivity index (χ1) is 14.6. The first-order valence-corrected chi connectivity index (χ1v) is 11.0. The Morgan fingerprint density at radius 1 is 1.33 bits per heavy atom. The number of nitrogens with zero attached hydrogens (tertiary/aromatic N) is 2. The van der Waals surface area contributed by atoms with Crippen molar-refractivity contribution >= 4 is 39.3 Å². The number of fused-ring (bicyclic) bond motifs is 1. The number of thiophene rings is 1. The summed E-state index contributed by atoms with van der Waals surface area (Å²) in [6.45, 7) is 4.10. The van der Waals surface area contributed by atoms with Gasteiger partial charge >= 0.3 is 5.97 Å². The van der Waals surface area contributed by atoms with Crippen LogP contribution in [0.1, 0.15) is 16.1 Å². The van der Waals surface area contributed by atoms with Crippen molar-refractivity contribution in [1.82, 2.24) is 9.55 Å². The van der Waals surface area contributed by atoms with Crippen LogP contribution >= 0.6 is 23.1 Å². The highest BCUT2D eigenvalue weighted by molar-refractivity contribution is 7.98. The predicted octanol–water partition coefficient (Wildman–Crippen LogP) is 4.98. The number of rotatable bonds is 7. The van der Waals surface area contributed by atoms with E-state index in [2.05, 4.69) is 6.58 Å². The monoisotopic (exact) mass is 438 g/mol. The molecule has 0 saturated carbocycles. The van der Waals surface area contributed by atoms with Gasteiger partial charge in [-0.3, -0.25) is 9.36 Å².